The summed E-state index contributed by atoms with van der Waals surface area (Å²) in [5, 5.41) is 1.95. The van der Waals surface area contributed by atoms with Gasteiger partial charge in [0.25, 0.3) is 11.5 Å². The topological polar surface area (TPSA) is 106 Å². The maximum atomic E-state index is 13.8. The molecule has 0 radical (unpaired) electrons. The zero-order valence-electron chi connectivity index (χ0n) is 21.6. The molecule has 0 saturated carbocycles. The summed E-state index contributed by atoms with van der Waals surface area (Å²) in [7, 11) is 1.72. The highest BCUT2D eigenvalue weighted by molar-refractivity contribution is 9.10. The van der Waals surface area contributed by atoms with Gasteiger partial charge in [-0.15, -0.1) is 0 Å². The number of hydrogen-bond donors (Lipinski definition) is 1. The Bertz CT molecular complexity index is 1680. The lowest BCUT2D eigenvalue weighted by atomic mass is 10.2. The van der Waals surface area contributed by atoms with E-state index < -0.39 is 22.6 Å². The quantitative estimate of drug-likeness (QED) is 0.330. The van der Waals surface area contributed by atoms with Gasteiger partial charge in [0.1, 0.15) is 10.9 Å². The van der Waals surface area contributed by atoms with Crippen molar-refractivity contribution < 1.29 is 14.4 Å². The Morgan fingerprint density at radius 2 is 1.57 bits per heavy atom. The first-order chi connectivity index (χ1) is 19.2. The summed E-state index contributed by atoms with van der Waals surface area (Å²) in [6, 6.07) is 24.6. The van der Waals surface area contributed by atoms with Crippen LogP contribution < -0.4 is 15.8 Å². The molecule has 0 spiro atoms. The van der Waals surface area contributed by atoms with Crippen LogP contribution in [0.4, 0.5) is 11.4 Å². The van der Waals surface area contributed by atoms with Crippen LogP contribution in [0.1, 0.15) is 22.5 Å². The van der Waals surface area contributed by atoms with Crippen molar-refractivity contribution in [3.8, 4) is 5.69 Å². The van der Waals surface area contributed by atoms with Gasteiger partial charge in [0.15, 0.2) is 5.17 Å². The van der Waals surface area contributed by atoms with Gasteiger partial charge in [-0.3, -0.25) is 28.8 Å². The number of amides is 3. The third kappa shape index (κ3) is 5.43. The first-order valence-electron chi connectivity index (χ1n) is 12.3. The number of carbonyl (C=O) groups is 3. The van der Waals surface area contributed by atoms with E-state index in [4.69, 9.17) is 0 Å². The minimum Gasteiger partial charge on any atom is -0.326 e. The molecule has 1 atom stereocenters. The maximum absolute atomic E-state index is 13.8. The molecule has 1 fully saturated rings. The average Bonchev–Trinajstić information content (AvgIpc) is 3.36. The maximum Gasteiger partial charge on any atom is 0.296 e. The first-order valence-corrected chi connectivity index (χ1v) is 14.0. The molecule has 9 nitrogen and oxygen atoms in total. The fourth-order valence-electron chi connectivity index (χ4n) is 4.34. The Labute approximate surface area is 242 Å². The summed E-state index contributed by atoms with van der Waals surface area (Å²) in [4.78, 5) is 58.9. The number of benzene rings is 3. The zero-order chi connectivity index (χ0) is 28.4. The Kier molecular flexibility index (Phi) is 7.85. The van der Waals surface area contributed by atoms with E-state index >= 15 is 0 Å². The number of halogens is 1. The number of nitrogens with one attached hydrogen (secondary N) is 1. The second-order valence-corrected chi connectivity index (χ2v) is 11.1. The number of hydrogen-bond acceptors (Lipinski definition) is 5. The Morgan fingerprint density at radius 1 is 0.950 bits per heavy atom. The van der Waals surface area contributed by atoms with E-state index in [2.05, 4.69) is 26.2 Å². The number of aromatic nitrogens is 2. The largest absolute Gasteiger partial charge is 0.326 e. The van der Waals surface area contributed by atoms with E-state index in [9.17, 15) is 19.2 Å². The Balaban J connectivity index is 1.52. The standard InChI is InChI=1S/C29H24BrN5O4S/c1-18-25(28(39)35(33(18)2)22-11-7-4-8-12-22)34-27(38)23(17-24(36)31-21-15-13-20(30)14-16-21)40-29(34)32-26(37)19-9-5-3-6-10-19/h3-16,23H,17H2,1-2H3,(H,31,36)/t23-/m1/s1. The third-order valence-corrected chi connectivity index (χ3v) is 8.07. The molecule has 1 N–H and O–H groups in total. The van der Waals surface area contributed by atoms with Gasteiger partial charge in [0.2, 0.25) is 11.8 Å². The van der Waals surface area contributed by atoms with Crippen molar-refractivity contribution in [3.63, 3.8) is 0 Å². The second-order valence-electron chi connectivity index (χ2n) is 9.02. The minimum absolute atomic E-state index is 0.0475. The second kappa shape index (κ2) is 11.5. The number of amidine groups is 1. The molecule has 0 unspecified atom stereocenters. The monoisotopic (exact) mass is 617 g/mol. The van der Waals surface area contributed by atoms with Gasteiger partial charge in [-0.2, -0.15) is 4.99 Å². The number of rotatable bonds is 6. The number of anilines is 2. The van der Waals surface area contributed by atoms with Crippen LogP contribution >= 0.6 is 27.7 Å². The highest BCUT2D eigenvalue weighted by Gasteiger charge is 2.43. The molecule has 3 aromatic carbocycles. The lowest BCUT2D eigenvalue weighted by molar-refractivity contribution is -0.121. The molecule has 40 heavy (non-hydrogen) atoms. The molecule has 1 aliphatic heterocycles. The highest BCUT2D eigenvalue weighted by Crippen LogP contribution is 2.35. The van der Waals surface area contributed by atoms with E-state index in [0.29, 0.717) is 22.6 Å². The molecular weight excluding hydrogens is 594 g/mol. The molecule has 0 bridgehead atoms. The lowest BCUT2D eigenvalue weighted by Crippen LogP contribution is -2.37. The van der Waals surface area contributed by atoms with Crippen molar-refractivity contribution in [1.82, 2.24) is 9.36 Å². The average molecular weight is 619 g/mol. The van der Waals surface area contributed by atoms with Crippen LogP contribution in [0.3, 0.4) is 0 Å². The molecule has 11 heteroatoms. The van der Waals surface area contributed by atoms with Crippen LogP contribution in [0, 0.1) is 6.92 Å². The van der Waals surface area contributed by atoms with Gasteiger partial charge in [-0.1, -0.05) is 64.1 Å². The van der Waals surface area contributed by atoms with Crippen LogP contribution in [0.15, 0.2) is 99.2 Å². The van der Waals surface area contributed by atoms with Crippen molar-refractivity contribution >= 4 is 62.0 Å². The number of thioether (sulfide) groups is 1. The number of carbonyl (C=O) groups excluding carboxylic acids is 3. The predicted molar refractivity (Wildman–Crippen MR) is 160 cm³/mol. The molecule has 1 aliphatic rings. The van der Waals surface area contributed by atoms with Crippen molar-refractivity contribution in [2.45, 2.75) is 18.6 Å². The normalized spacial score (nSPS) is 16.0. The van der Waals surface area contributed by atoms with Gasteiger partial charge in [0, 0.05) is 29.2 Å². The van der Waals surface area contributed by atoms with E-state index in [1.807, 2.05) is 18.2 Å². The van der Waals surface area contributed by atoms with Gasteiger partial charge in [-0.25, -0.2) is 4.68 Å². The van der Waals surface area contributed by atoms with E-state index in [0.717, 1.165) is 16.2 Å². The van der Waals surface area contributed by atoms with Crippen molar-refractivity contribution in [3.05, 3.63) is 111 Å². The van der Waals surface area contributed by atoms with Crippen LogP contribution in [0.2, 0.25) is 0 Å². The summed E-state index contributed by atoms with van der Waals surface area (Å²) in [6.45, 7) is 1.72. The van der Waals surface area contributed by atoms with Gasteiger partial charge in [0.05, 0.1) is 11.4 Å². The van der Waals surface area contributed by atoms with Crippen LogP contribution in [0.25, 0.3) is 5.69 Å². The van der Waals surface area contributed by atoms with Gasteiger partial charge >= 0.3 is 0 Å². The van der Waals surface area contributed by atoms with Crippen LogP contribution in [-0.2, 0) is 16.6 Å². The van der Waals surface area contributed by atoms with E-state index in [-0.39, 0.29) is 23.2 Å². The molecule has 2 heterocycles. The molecule has 1 aromatic heterocycles. The Hall–Kier alpha value is -4.22. The van der Waals surface area contributed by atoms with Gasteiger partial charge < -0.3 is 5.32 Å². The van der Waals surface area contributed by atoms with Crippen molar-refractivity contribution in [2.24, 2.45) is 12.0 Å². The van der Waals surface area contributed by atoms with Crippen LogP contribution in [-0.4, -0.2) is 37.5 Å². The summed E-state index contributed by atoms with van der Waals surface area (Å²) in [5.74, 6) is -1.44. The molecule has 1 saturated heterocycles. The molecule has 4 aromatic rings. The highest BCUT2D eigenvalue weighted by atomic mass is 79.9. The van der Waals surface area contributed by atoms with E-state index in [1.54, 1.807) is 85.4 Å². The SMILES string of the molecule is Cc1c(N2C(=O)[C@@H](CC(=O)Nc3ccc(Br)cc3)SC2=NC(=O)c2ccccc2)c(=O)n(-c2ccccc2)n1C. The predicted octanol–water partition coefficient (Wildman–Crippen LogP) is 4.92. The first kappa shape index (κ1) is 27.4. The molecule has 3 amide bonds. The van der Waals surface area contributed by atoms with Crippen molar-refractivity contribution in [1.29, 1.82) is 0 Å². The summed E-state index contributed by atoms with van der Waals surface area (Å²) in [6.07, 6.45) is -0.173. The Morgan fingerprint density at radius 3 is 2.23 bits per heavy atom. The summed E-state index contributed by atoms with van der Waals surface area (Å²) >= 11 is 4.35. The zero-order valence-corrected chi connectivity index (χ0v) is 24.0. The van der Waals surface area contributed by atoms with Crippen LogP contribution in [0.5, 0.6) is 0 Å². The molecule has 5 rings (SSSR count). The third-order valence-electron chi connectivity index (χ3n) is 6.40. The molecule has 0 aliphatic carbocycles. The van der Waals surface area contributed by atoms with Crippen molar-refractivity contribution in [2.75, 3.05) is 10.2 Å². The number of para-hydroxylation sites is 1. The minimum atomic E-state index is -0.887. The fourth-order valence-corrected chi connectivity index (χ4v) is 5.72. The molecular formula is C29H24BrN5O4S. The fraction of sp³-hybridized carbons (Fsp3) is 0.138. The summed E-state index contributed by atoms with van der Waals surface area (Å²) in [5.41, 5.74) is 1.68. The summed E-state index contributed by atoms with van der Waals surface area (Å²) < 4.78 is 3.97. The van der Waals surface area contributed by atoms with Gasteiger partial charge in [-0.05, 0) is 55.5 Å². The lowest BCUT2D eigenvalue weighted by Gasteiger charge is -2.15. The van der Waals surface area contributed by atoms with E-state index in [1.165, 1.54) is 9.58 Å². The smallest absolute Gasteiger partial charge is 0.296 e. The number of aliphatic imine (C=N–C) groups is 1. The molecule has 202 valence electrons. The number of nitrogens with zero attached hydrogens (tertiary/aromatic N) is 4.